The number of carbonyl (C=O) groups excluding carboxylic acids is 3. The maximum absolute atomic E-state index is 16.1. The predicted octanol–water partition coefficient (Wildman–Crippen LogP) is 0.479. The Hall–Kier alpha value is -3.78. The SMILES string of the molecule is C=C1Nc2c(O)c3c(c(F)c2CN[C@@H]1CC(C)OC)C[C@H]1CC2[C@H](N)C(O)=C(C(N)=O)C(=O)[C@@]2(O)C(O)=C1C3=O. The fraction of sp³-hybridized carbons (Fsp3) is 0.444. The summed E-state index contributed by atoms with van der Waals surface area (Å²) in [5.41, 5.74) is 6.94. The molecule has 0 aromatic heterocycles. The number of benzene rings is 1. The quantitative estimate of drug-likeness (QED) is 0.188. The number of primary amides is 1. The average Bonchev–Trinajstić information content (AvgIpc) is 3.06. The molecule has 0 radical (unpaired) electrons. The van der Waals surface area contributed by atoms with Gasteiger partial charge >= 0.3 is 0 Å². The number of ketones is 2. The highest BCUT2D eigenvalue weighted by molar-refractivity contribution is 6.24. The smallest absolute Gasteiger partial charge is 0.255 e. The van der Waals surface area contributed by atoms with Crippen LogP contribution in [0, 0.1) is 17.7 Å². The molecule has 1 aliphatic heterocycles. The van der Waals surface area contributed by atoms with Crippen LogP contribution >= 0.6 is 0 Å². The molecule has 40 heavy (non-hydrogen) atoms. The van der Waals surface area contributed by atoms with Crippen LogP contribution in [0.4, 0.5) is 10.1 Å². The Kier molecular flexibility index (Phi) is 6.53. The van der Waals surface area contributed by atoms with Crippen molar-refractivity contribution in [1.29, 1.82) is 0 Å². The summed E-state index contributed by atoms with van der Waals surface area (Å²) in [7, 11) is 1.56. The number of phenolic OH excluding ortho intramolecular Hbond substituents is 1. The lowest BCUT2D eigenvalue weighted by atomic mass is 9.59. The van der Waals surface area contributed by atoms with E-state index in [2.05, 4.69) is 17.2 Å². The van der Waals surface area contributed by atoms with Crippen molar-refractivity contribution in [2.75, 3.05) is 12.4 Å². The second kappa shape index (κ2) is 9.41. The Bertz CT molecular complexity index is 1450. The Morgan fingerprint density at radius 2 is 1.95 bits per heavy atom. The van der Waals surface area contributed by atoms with E-state index in [0.717, 1.165) is 0 Å². The molecule has 0 fully saturated rings. The zero-order valence-electron chi connectivity index (χ0n) is 21.9. The fourth-order valence-corrected chi connectivity index (χ4v) is 6.41. The van der Waals surface area contributed by atoms with Crippen LogP contribution in [0.15, 0.2) is 34.9 Å². The number of ether oxygens (including phenoxy) is 1. The molecule has 0 bridgehead atoms. The van der Waals surface area contributed by atoms with Gasteiger partial charge in [-0.25, -0.2) is 4.39 Å². The minimum absolute atomic E-state index is 0.00174. The number of phenols is 1. The Morgan fingerprint density at radius 1 is 1.27 bits per heavy atom. The lowest BCUT2D eigenvalue weighted by Crippen LogP contribution is -2.63. The number of rotatable bonds is 4. The Labute approximate surface area is 228 Å². The van der Waals surface area contributed by atoms with Crippen LogP contribution in [0.2, 0.25) is 0 Å². The summed E-state index contributed by atoms with van der Waals surface area (Å²) in [6.45, 7) is 5.83. The first-order valence-corrected chi connectivity index (χ1v) is 12.8. The van der Waals surface area contributed by atoms with Crippen molar-refractivity contribution in [1.82, 2.24) is 5.32 Å². The van der Waals surface area contributed by atoms with Crippen molar-refractivity contribution in [3.05, 3.63) is 57.4 Å². The first kappa shape index (κ1) is 27.8. The van der Waals surface area contributed by atoms with Gasteiger partial charge in [0.2, 0.25) is 5.78 Å². The van der Waals surface area contributed by atoms with E-state index >= 15 is 4.39 Å². The van der Waals surface area contributed by atoms with Crippen LogP contribution in [0.3, 0.4) is 0 Å². The maximum atomic E-state index is 16.1. The minimum atomic E-state index is -2.84. The van der Waals surface area contributed by atoms with Crippen molar-refractivity contribution >= 4 is 23.2 Å². The molecule has 0 saturated carbocycles. The highest BCUT2D eigenvalue weighted by Gasteiger charge is 2.62. The molecule has 214 valence electrons. The van der Waals surface area contributed by atoms with Gasteiger partial charge in [-0.2, -0.15) is 0 Å². The molecule has 6 atom stereocenters. The number of carbonyl (C=O) groups is 3. The number of aromatic hydroxyl groups is 1. The number of methoxy groups -OCH3 is 1. The third-order valence-electron chi connectivity index (χ3n) is 8.66. The minimum Gasteiger partial charge on any atom is -0.510 e. The topological polar surface area (TPSA) is 217 Å². The number of halogens is 1. The van der Waals surface area contributed by atoms with Gasteiger partial charge in [0, 0.05) is 48.0 Å². The van der Waals surface area contributed by atoms with Crippen molar-refractivity contribution in [2.24, 2.45) is 23.3 Å². The molecule has 1 aromatic rings. The van der Waals surface area contributed by atoms with Crippen molar-refractivity contribution in [2.45, 2.75) is 56.5 Å². The molecule has 0 spiro atoms. The van der Waals surface area contributed by atoms with Gasteiger partial charge in [0.1, 0.15) is 22.9 Å². The maximum Gasteiger partial charge on any atom is 0.255 e. The lowest BCUT2D eigenvalue weighted by molar-refractivity contribution is -0.145. The van der Waals surface area contributed by atoms with Crippen molar-refractivity contribution in [3.63, 3.8) is 0 Å². The lowest BCUT2D eigenvalue weighted by Gasteiger charge is -2.47. The van der Waals surface area contributed by atoms with Crippen LogP contribution in [-0.4, -0.2) is 68.8 Å². The molecule has 3 aliphatic carbocycles. The molecular formula is C27H31FN4O8. The highest BCUT2D eigenvalue weighted by Crippen LogP contribution is 2.52. The van der Waals surface area contributed by atoms with E-state index in [4.69, 9.17) is 16.2 Å². The van der Waals surface area contributed by atoms with Gasteiger partial charge in [0.15, 0.2) is 17.1 Å². The molecule has 5 rings (SSSR count). The van der Waals surface area contributed by atoms with Gasteiger partial charge in [-0.15, -0.1) is 0 Å². The van der Waals surface area contributed by atoms with Gasteiger partial charge in [-0.05, 0) is 32.1 Å². The van der Waals surface area contributed by atoms with Gasteiger partial charge in [-0.1, -0.05) is 6.58 Å². The van der Waals surface area contributed by atoms with Crippen LogP contribution < -0.4 is 22.1 Å². The van der Waals surface area contributed by atoms with Gasteiger partial charge in [0.25, 0.3) is 5.91 Å². The summed E-state index contributed by atoms with van der Waals surface area (Å²) >= 11 is 0. The third kappa shape index (κ3) is 3.69. The first-order valence-electron chi connectivity index (χ1n) is 12.8. The predicted molar refractivity (Wildman–Crippen MR) is 139 cm³/mol. The van der Waals surface area contributed by atoms with E-state index in [9.17, 15) is 34.8 Å². The Balaban J connectivity index is 1.62. The third-order valence-corrected chi connectivity index (χ3v) is 8.66. The number of hydrogen-bond donors (Lipinski definition) is 8. The monoisotopic (exact) mass is 558 g/mol. The van der Waals surface area contributed by atoms with Crippen LogP contribution in [0.1, 0.15) is 41.3 Å². The fourth-order valence-electron chi connectivity index (χ4n) is 6.41. The largest absolute Gasteiger partial charge is 0.510 e. The second-order valence-corrected chi connectivity index (χ2v) is 10.8. The molecule has 0 saturated heterocycles. The average molecular weight is 559 g/mol. The number of anilines is 1. The normalized spacial score (nSPS) is 30.6. The molecule has 12 nitrogen and oxygen atoms in total. The number of amides is 1. The number of Topliss-reactive ketones (excluding diaryl/α,β-unsaturated/α-hetero) is 2. The molecule has 2 unspecified atom stereocenters. The molecule has 13 heteroatoms. The summed E-state index contributed by atoms with van der Waals surface area (Å²) in [6.07, 6.45) is -0.0661. The molecule has 4 aliphatic rings. The van der Waals surface area contributed by atoms with E-state index in [-0.39, 0.29) is 48.3 Å². The molecule has 10 N–H and O–H groups in total. The number of fused-ring (bicyclic) bond motifs is 4. The molecule has 1 amide bonds. The van der Waals surface area contributed by atoms with Gasteiger partial charge in [0.05, 0.1) is 23.4 Å². The first-order chi connectivity index (χ1) is 18.7. The number of allylic oxidation sites excluding steroid dienone is 1. The standard InChI is InChI=1S/C27H31FN4O8/c1-8(40-3)4-14-9(2)32-20-12(7-31-14)18(28)11-5-10-6-13-19(29)22(34)17(26(30)38)25(37)27(13,39)24(36)15(10)21(33)16(11)23(20)35/h8,10,13-14,19,31-32,34-36,39H,2,4-7,29H2,1,3H3,(H2,30,38)/t8?,10-,13?,14+,19-,27-/m0/s1. The van der Waals surface area contributed by atoms with Crippen LogP contribution in [-0.2, 0) is 27.3 Å². The van der Waals surface area contributed by atoms with E-state index < -0.39 is 80.7 Å². The summed E-state index contributed by atoms with van der Waals surface area (Å²) in [6, 6.07) is -1.84. The van der Waals surface area contributed by atoms with Crippen molar-refractivity contribution < 1.29 is 43.9 Å². The van der Waals surface area contributed by atoms with E-state index in [1.54, 1.807) is 7.11 Å². The zero-order chi connectivity index (χ0) is 29.4. The molecule has 1 heterocycles. The highest BCUT2D eigenvalue weighted by atomic mass is 19.1. The summed E-state index contributed by atoms with van der Waals surface area (Å²) in [5, 5.41) is 50.4. The van der Waals surface area contributed by atoms with E-state index in [1.807, 2.05) is 6.92 Å². The number of aliphatic hydroxyl groups excluding tert-OH is 2. The Morgan fingerprint density at radius 3 is 2.58 bits per heavy atom. The van der Waals surface area contributed by atoms with Crippen molar-refractivity contribution in [3.8, 4) is 5.75 Å². The summed E-state index contributed by atoms with van der Waals surface area (Å²) < 4.78 is 21.4. The van der Waals surface area contributed by atoms with E-state index in [0.29, 0.717) is 12.1 Å². The van der Waals surface area contributed by atoms with E-state index in [1.165, 1.54) is 0 Å². The molecular weight excluding hydrogens is 527 g/mol. The van der Waals surface area contributed by atoms with Gasteiger partial charge < -0.3 is 47.3 Å². The summed E-state index contributed by atoms with van der Waals surface area (Å²) in [4.78, 5) is 38.8. The summed E-state index contributed by atoms with van der Waals surface area (Å²) in [5.74, 6) is -9.26. The zero-order valence-corrected chi connectivity index (χ0v) is 21.9. The molecule has 1 aromatic carbocycles. The van der Waals surface area contributed by atoms with Gasteiger partial charge in [-0.3, -0.25) is 14.4 Å². The number of hydrogen-bond acceptors (Lipinski definition) is 11. The van der Waals surface area contributed by atoms with Crippen LogP contribution in [0.25, 0.3) is 0 Å². The van der Waals surface area contributed by atoms with Crippen LogP contribution in [0.5, 0.6) is 5.75 Å². The number of nitrogens with two attached hydrogens (primary N) is 2. The number of aliphatic hydroxyl groups is 3. The number of nitrogens with one attached hydrogen (secondary N) is 2. The second-order valence-electron chi connectivity index (χ2n) is 10.8.